The summed E-state index contributed by atoms with van der Waals surface area (Å²) in [5.41, 5.74) is 1.76. The van der Waals surface area contributed by atoms with Crippen molar-refractivity contribution in [3.8, 4) is 5.75 Å². The molecule has 1 aliphatic heterocycles. The second kappa shape index (κ2) is 8.61. The molecule has 0 bridgehead atoms. The number of benzene rings is 2. The highest BCUT2D eigenvalue weighted by atomic mass is 32.1. The van der Waals surface area contributed by atoms with E-state index in [1.807, 2.05) is 23.1 Å². The van der Waals surface area contributed by atoms with Crippen molar-refractivity contribution in [1.29, 1.82) is 0 Å². The first-order valence-electron chi connectivity index (χ1n) is 9.72. The Morgan fingerprint density at radius 1 is 1.14 bits per heavy atom. The number of likely N-dealkylation sites (tertiary alicyclic amines) is 1. The zero-order valence-corrected chi connectivity index (χ0v) is 17.1. The third-order valence-electron chi connectivity index (χ3n) is 5.04. The first-order valence-corrected chi connectivity index (χ1v) is 10.5. The summed E-state index contributed by atoms with van der Waals surface area (Å²) in [7, 11) is 0. The summed E-state index contributed by atoms with van der Waals surface area (Å²) in [6.45, 7) is 2.93. The van der Waals surface area contributed by atoms with Crippen LogP contribution in [0.5, 0.6) is 5.75 Å². The predicted molar refractivity (Wildman–Crippen MR) is 114 cm³/mol. The monoisotopic (exact) mass is 409 g/mol. The Morgan fingerprint density at radius 3 is 2.55 bits per heavy atom. The number of anilines is 1. The van der Waals surface area contributed by atoms with Crippen LogP contribution in [0.4, 0.5) is 5.69 Å². The van der Waals surface area contributed by atoms with Crippen LogP contribution in [0, 0.1) is 0 Å². The Morgan fingerprint density at radius 2 is 1.86 bits per heavy atom. The lowest BCUT2D eigenvalue weighted by Gasteiger charge is -2.31. The average molecular weight is 410 g/mol. The number of hydrogen-bond donors (Lipinski definition) is 1. The van der Waals surface area contributed by atoms with Gasteiger partial charge in [-0.2, -0.15) is 0 Å². The third kappa shape index (κ3) is 4.74. The van der Waals surface area contributed by atoms with E-state index in [4.69, 9.17) is 9.72 Å². The van der Waals surface area contributed by atoms with Crippen molar-refractivity contribution in [2.75, 3.05) is 25.0 Å². The van der Waals surface area contributed by atoms with Crippen LogP contribution in [0.2, 0.25) is 0 Å². The molecular formula is C22H23N3O3S. The number of amides is 2. The van der Waals surface area contributed by atoms with Crippen LogP contribution in [0.1, 0.15) is 30.7 Å². The number of nitrogens with zero attached hydrogens (tertiary/aromatic N) is 2. The normalized spacial score (nSPS) is 14.7. The summed E-state index contributed by atoms with van der Waals surface area (Å²) in [6.07, 6.45) is 1.86. The van der Waals surface area contributed by atoms with Crippen molar-refractivity contribution < 1.29 is 14.3 Å². The number of piperidine rings is 1. The topological polar surface area (TPSA) is 71.5 Å². The molecule has 2 aromatic carbocycles. The number of ether oxygens (including phenoxy) is 1. The lowest BCUT2D eigenvalue weighted by atomic mass is 9.97. The summed E-state index contributed by atoms with van der Waals surface area (Å²) in [5, 5.41) is 3.88. The molecule has 1 saturated heterocycles. The molecule has 0 unspecified atom stereocenters. The van der Waals surface area contributed by atoms with Gasteiger partial charge in [-0.3, -0.25) is 9.59 Å². The van der Waals surface area contributed by atoms with E-state index >= 15 is 0 Å². The van der Waals surface area contributed by atoms with Gasteiger partial charge in [-0.1, -0.05) is 12.1 Å². The lowest BCUT2D eigenvalue weighted by molar-refractivity contribution is -0.134. The zero-order valence-electron chi connectivity index (χ0n) is 16.3. The number of carbonyl (C=O) groups excluding carboxylic acids is 2. The van der Waals surface area contributed by atoms with Crippen molar-refractivity contribution in [1.82, 2.24) is 9.88 Å². The predicted octanol–water partition coefficient (Wildman–Crippen LogP) is 4.04. The van der Waals surface area contributed by atoms with Gasteiger partial charge in [0.1, 0.15) is 5.75 Å². The highest BCUT2D eigenvalue weighted by molar-refractivity contribution is 7.18. The fourth-order valence-corrected chi connectivity index (χ4v) is 4.65. The largest absolute Gasteiger partial charge is 0.484 e. The summed E-state index contributed by atoms with van der Waals surface area (Å²) in [5.74, 6) is 0.900. The molecule has 2 amide bonds. The van der Waals surface area contributed by atoms with Gasteiger partial charge in [-0.05, 0) is 49.2 Å². The maximum absolute atomic E-state index is 12.5. The van der Waals surface area contributed by atoms with Gasteiger partial charge >= 0.3 is 0 Å². The molecule has 2 heterocycles. The summed E-state index contributed by atoms with van der Waals surface area (Å²) in [6, 6.07) is 15.2. The van der Waals surface area contributed by atoms with Gasteiger partial charge in [-0.25, -0.2) is 4.98 Å². The number of para-hydroxylation sites is 1. The molecule has 1 aromatic heterocycles. The fourth-order valence-electron chi connectivity index (χ4n) is 3.51. The fraction of sp³-hybridized carbons (Fsp3) is 0.318. The lowest BCUT2D eigenvalue weighted by Crippen LogP contribution is -2.40. The van der Waals surface area contributed by atoms with Crippen molar-refractivity contribution in [3.63, 3.8) is 0 Å². The van der Waals surface area contributed by atoms with Crippen LogP contribution in [-0.4, -0.2) is 41.4 Å². The Hall–Kier alpha value is -2.93. The first-order chi connectivity index (χ1) is 14.1. The van der Waals surface area contributed by atoms with Gasteiger partial charge in [0.05, 0.1) is 15.2 Å². The molecule has 7 heteroatoms. The molecule has 1 fully saturated rings. The zero-order chi connectivity index (χ0) is 20.2. The minimum Gasteiger partial charge on any atom is -0.484 e. The minimum atomic E-state index is -0.122. The highest BCUT2D eigenvalue weighted by Gasteiger charge is 2.26. The molecule has 0 aliphatic carbocycles. The molecule has 150 valence electrons. The van der Waals surface area contributed by atoms with Gasteiger partial charge in [-0.15, -0.1) is 11.3 Å². The van der Waals surface area contributed by atoms with E-state index in [0.717, 1.165) is 31.4 Å². The van der Waals surface area contributed by atoms with E-state index < -0.39 is 0 Å². The van der Waals surface area contributed by atoms with Crippen LogP contribution in [0.25, 0.3) is 10.2 Å². The van der Waals surface area contributed by atoms with Crippen LogP contribution in [0.3, 0.4) is 0 Å². The van der Waals surface area contributed by atoms with Crippen molar-refractivity contribution in [2.45, 2.75) is 25.7 Å². The molecule has 0 saturated carbocycles. The van der Waals surface area contributed by atoms with E-state index in [1.165, 1.54) is 16.6 Å². The van der Waals surface area contributed by atoms with E-state index in [9.17, 15) is 9.59 Å². The maximum Gasteiger partial charge on any atom is 0.260 e. The molecular weight excluding hydrogens is 386 g/mol. The molecule has 4 rings (SSSR count). The summed E-state index contributed by atoms with van der Waals surface area (Å²) >= 11 is 1.76. The second-order valence-corrected chi connectivity index (χ2v) is 8.23. The van der Waals surface area contributed by atoms with Gasteiger partial charge in [0.15, 0.2) is 6.61 Å². The van der Waals surface area contributed by atoms with Gasteiger partial charge < -0.3 is 15.0 Å². The molecule has 29 heavy (non-hydrogen) atoms. The van der Waals surface area contributed by atoms with Crippen LogP contribution < -0.4 is 10.1 Å². The van der Waals surface area contributed by atoms with Crippen LogP contribution in [-0.2, 0) is 9.59 Å². The van der Waals surface area contributed by atoms with E-state index in [2.05, 4.69) is 11.4 Å². The van der Waals surface area contributed by atoms with E-state index in [1.54, 1.807) is 35.6 Å². The molecule has 6 nitrogen and oxygen atoms in total. The van der Waals surface area contributed by atoms with Crippen molar-refractivity contribution in [2.24, 2.45) is 0 Å². The molecule has 0 spiro atoms. The maximum atomic E-state index is 12.5. The molecule has 1 aliphatic rings. The van der Waals surface area contributed by atoms with Gasteiger partial charge in [0, 0.05) is 31.6 Å². The molecule has 1 N–H and O–H groups in total. The SMILES string of the molecule is CC(=O)Nc1ccc(OCC(=O)N2CCC(c3nc4ccccc4s3)CC2)cc1. The summed E-state index contributed by atoms with van der Waals surface area (Å²) in [4.78, 5) is 30.2. The first kappa shape index (κ1) is 19.4. The number of hydrogen-bond acceptors (Lipinski definition) is 5. The van der Waals surface area contributed by atoms with E-state index in [0.29, 0.717) is 17.4 Å². The Labute approximate surface area is 173 Å². The van der Waals surface area contributed by atoms with Crippen LogP contribution in [0.15, 0.2) is 48.5 Å². The molecule has 0 atom stereocenters. The Kier molecular flexibility index (Phi) is 5.76. The number of nitrogens with one attached hydrogen (secondary N) is 1. The standard InChI is InChI=1S/C22H23N3O3S/c1-15(26)23-17-6-8-18(9-7-17)28-14-21(27)25-12-10-16(11-13-25)22-24-19-4-2-3-5-20(19)29-22/h2-9,16H,10-14H2,1H3,(H,23,26). The van der Waals surface area contributed by atoms with Crippen molar-refractivity contribution in [3.05, 3.63) is 53.5 Å². The Balaban J connectivity index is 1.27. The van der Waals surface area contributed by atoms with Crippen molar-refractivity contribution >= 4 is 39.1 Å². The molecule has 0 radical (unpaired) electrons. The number of fused-ring (bicyclic) bond motifs is 1. The number of carbonyl (C=O) groups is 2. The highest BCUT2D eigenvalue weighted by Crippen LogP contribution is 2.33. The number of thiazole rings is 1. The van der Waals surface area contributed by atoms with Gasteiger partial charge in [0.2, 0.25) is 5.91 Å². The Bertz CT molecular complexity index is 975. The summed E-state index contributed by atoms with van der Waals surface area (Å²) < 4.78 is 6.84. The van der Waals surface area contributed by atoms with E-state index in [-0.39, 0.29) is 18.4 Å². The van der Waals surface area contributed by atoms with Gasteiger partial charge in [0.25, 0.3) is 5.91 Å². The number of aromatic nitrogens is 1. The average Bonchev–Trinajstić information content (AvgIpc) is 3.17. The molecule has 3 aromatic rings. The third-order valence-corrected chi connectivity index (χ3v) is 6.24. The minimum absolute atomic E-state index is 0.00122. The number of rotatable bonds is 5. The smallest absolute Gasteiger partial charge is 0.260 e. The van der Waals surface area contributed by atoms with Crippen LogP contribution >= 0.6 is 11.3 Å². The quantitative estimate of drug-likeness (QED) is 0.690. The second-order valence-electron chi connectivity index (χ2n) is 7.17.